The van der Waals surface area contributed by atoms with Crippen molar-refractivity contribution >= 4 is 18.4 Å². The predicted octanol–water partition coefficient (Wildman–Crippen LogP) is 4.32. The van der Waals surface area contributed by atoms with Crippen molar-refractivity contribution < 1.29 is 0 Å². The van der Waals surface area contributed by atoms with Gasteiger partial charge in [-0.05, 0) is 23.9 Å². The summed E-state index contributed by atoms with van der Waals surface area (Å²) in [6, 6.07) is 25.6. The van der Waals surface area contributed by atoms with Crippen molar-refractivity contribution in [3.05, 3.63) is 60.7 Å². The Bertz CT molecular complexity index is 509. The molecule has 0 aromatic heterocycles. The Hall–Kier alpha value is -1.34. The van der Waals surface area contributed by atoms with Gasteiger partial charge in [-0.2, -0.15) is 0 Å². The average Bonchev–Trinajstić information content (AvgIpc) is 3.32. The summed E-state index contributed by atoms with van der Waals surface area (Å²) in [5, 5.41) is 3.27. The minimum Gasteiger partial charge on any atom is -0.0630 e. The third-order valence-corrected chi connectivity index (χ3v) is 10.4. The second-order valence-electron chi connectivity index (χ2n) is 7.06. The number of rotatable bonds is 6. The zero-order chi connectivity index (χ0) is 14.7. The maximum absolute atomic E-state index is 2.39. The molecule has 0 atom stereocenters. The molecule has 0 aliphatic heterocycles. The van der Waals surface area contributed by atoms with E-state index in [0.29, 0.717) is 0 Å². The molecule has 0 saturated heterocycles. The molecule has 110 valence electrons. The van der Waals surface area contributed by atoms with Gasteiger partial charge in [-0.1, -0.05) is 97.7 Å². The third-order valence-electron chi connectivity index (χ3n) is 4.74. The Morgan fingerprint density at radius 2 is 1.33 bits per heavy atom. The van der Waals surface area contributed by atoms with Crippen molar-refractivity contribution in [1.29, 1.82) is 0 Å². The van der Waals surface area contributed by atoms with Gasteiger partial charge in [0, 0.05) is 0 Å². The summed E-state index contributed by atoms with van der Waals surface area (Å²) in [4.78, 5) is 0. The molecule has 0 spiro atoms. The van der Waals surface area contributed by atoms with Gasteiger partial charge in [0.25, 0.3) is 0 Å². The number of benzene rings is 2. The molecule has 0 amide bonds. The molecular weight excluding hydrogens is 268 g/mol. The van der Waals surface area contributed by atoms with Crippen LogP contribution in [0.25, 0.3) is 0 Å². The Morgan fingerprint density at radius 3 is 1.71 bits per heavy atom. The lowest BCUT2D eigenvalue weighted by Gasteiger charge is -2.35. The summed E-state index contributed by atoms with van der Waals surface area (Å²) in [7, 11) is -1.61. The van der Waals surface area contributed by atoms with Crippen molar-refractivity contribution in [2.24, 2.45) is 11.8 Å². The van der Waals surface area contributed by atoms with E-state index in [1.807, 2.05) is 0 Å². The van der Waals surface area contributed by atoms with E-state index in [0.717, 1.165) is 11.8 Å². The number of hydrogen-bond acceptors (Lipinski definition) is 0. The summed E-state index contributed by atoms with van der Waals surface area (Å²) >= 11 is 0. The topological polar surface area (TPSA) is 0 Å². The van der Waals surface area contributed by atoms with Crippen LogP contribution in [0.4, 0.5) is 0 Å². The first-order valence-electron chi connectivity index (χ1n) is 8.32. The van der Waals surface area contributed by atoms with Crippen molar-refractivity contribution in [1.82, 2.24) is 0 Å². The van der Waals surface area contributed by atoms with Crippen molar-refractivity contribution in [2.75, 3.05) is 0 Å². The molecule has 0 unspecified atom stereocenters. The summed E-state index contributed by atoms with van der Waals surface area (Å²) in [6.45, 7) is 4.78. The Balaban J connectivity index is 2.10. The van der Waals surface area contributed by atoms with E-state index < -0.39 is 8.07 Å². The van der Waals surface area contributed by atoms with Crippen molar-refractivity contribution in [3.8, 4) is 0 Å². The SMILES string of the molecule is CC(C)C[Si](CC1CC1)(c1ccccc1)c1ccccc1. The highest BCUT2D eigenvalue weighted by molar-refractivity contribution is 7.02. The van der Waals surface area contributed by atoms with Gasteiger partial charge in [0.05, 0.1) is 0 Å². The molecule has 1 aliphatic carbocycles. The molecule has 1 fully saturated rings. The maximum atomic E-state index is 2.39. The van der Waals surface area contributed by atoms with Gasteiger partial charge in [0.2, 0.25) is 0 Å². The van der Waals surface area contributed by atoms with Crippen molar-refractivity contribution in [2.45, 2.75) is 38.8 Å². The molecule has 2 aromatic rings. The van der Waals surface area contributed by atoms with E-state index in [1.165, 1.54) is 24.9 Å². The smallest absolute Gasteiger partial charge is 0.0630 e. The van der Waals surface area contributed by atoms with E-state index in [1.54, 1.807) is 10.4 Å². The van der Waals surface area contributed by atoms with Gasteiger partial charge >= 0.3 is 0 Å². The summed E-state index contributed by atoms with van der Waals surface area (Å²) < 4.78 is 0. The van der Waals surface area contributed by atoms with Gasteiger partial charge < -0.3 is 0 Å². The zero-order valence-corrected chi connectivity index (χ0v) is 14.3. The summed E-state index contributed by atoms with van der Waals surface area (Å²) in [6.07, 6.45) is 2.90. The van der Waals surface area contributed by atoms with Crippen LogP contribution in [0, 0.1) is 11.8 Å². The third kappa shape index (κ3) is 3.29. The maximum Gasteiger partial charge on any atom is 0.118 e. The molecule has 1 heteroatoms. The van der Waals surface area contributed by atoms with E-state index in [-0.39, 0.29) is 0 Å². The Kier molecular flexibility index (Phi) is 4.30. The molecule has 3 rings (SSSR count). The van der Waals surface area contributed by atoms with Gasteiger partial charge in [-0.15, -0.1) is 0 Å². The lowest BCUT2D eigenvalue weighted by atomic mass is 10.3. The fraction of sp³-hybridized carbons (Fsp3) is 0.400. The average molecular weight is 295 g/mol. The summed E-state index contributed by atoms with van der Waals surface area (Å²) in [5.41, 5.74) is 0. The first-order valence-corrected chi connectivity index (χ1v) is 10.7. The quantitative estimate of drug-likeness (QED) is 0.696. The largest absolute Gasteiger partial charge is 0.118 e. The van der Waals surface area contributed by atoms with Crippen molar-refractivity contribution in [3.63, 3.8) is 0 Å². The highest BCUT2D eigenvalue weighted by Gasteiger charge is 2.42. The first kappa shape index (κ1) is 14.6. The van der Waals surface area contributed by atoms with E-state index >= 15 is 0 Å². The number of hydrogen-bond donors (Lipinski definition) is 0. The fourth-order valence-corrected chi connectivity index (χ4v) is 9.64. The molecule has 21 heavy (non-hydrogen) atoms. The Labute approximate surface area is 130 Å². The molecule has 0 N–H and O–H groups in total. The molecule has 2 aromatic carbocycles. The minimum absolute atomic E-state index is 0.760. The van der Waals surface area contributed by atoms with Crippen LogP contribution in [0.1, 0.15) is 26.7 Å². The van der Waals surface area contributed by atoms with Crippen LogP contribution in [0.5, 0.6) is 0 Å². The second kappa shape index (κ2) is 6.19. The molecule has 0 radical (unpaired) electrons. The molecule has 0 heterocycles. The van der Waals surface area contributed by atoms with E-state index in [9.17, 15) is 0 Å². The highest BCUT2D eigenvalue weighted by atomic mass is 28.3. The van der Waals surface area contributed by atoms with Gasteiger partial charge in [-0.3, -0.25) is 0 Å². The summed E-state index contributed by atoms with van der Waals surface area (Å²) in [5.74, 6) is 1.74. The molecule has 1 saturated carbocycles. The normalized spacial score (nSPS) is 15.4. The lowest BCUT2D eigenvalue weighted by Crippen LogP contribution is -2.59. The Morgan fingerprint density at radius 1 is 0.857 bits per heavy atom. The van der Waals surface area contributed by atoms with Crippen LogP contribution < -0.4 is 10.4 Å². The zero-order valence-electron chi connectivity index (χ0n) is 13.3. The minimum atomic E-state index is -1.61. The van der Waals surface area contributed by atoms with Gasteiger partial charge in [-0.25, -0.2) is 0 Å². The monoisotopic (exact) mass is 294 g/mol. The van der Waals surface area contributed by atoms with Crippen LogP contribution in [-0.2, 0) is 0 Å². The lowest BCUT2D eigenvalue weighted by molar-refractivity contribution is 0.717. The van der Waals surface area contributed by atoms with Crippen LogP contribution in [-0.4, -0.2) is 8.07 Å². The van der Waals surface area contributed by atoms with Crippen LogP contribution in [0.15, 0.2) is 60.7 Å². The molecular formula is C20H26Si. The fourth-order valence-electron chi connectivity index (χ4n) is 3.75. The van der Waals surface area contributed by atoms with Gasteiger partial charge in [0.15, 0.2) is 0 Å². The van der Waals surface area contributed by atoms with Crippen LogP contribution >= 0.6 is 0 Å². The van der Waals surface area contributed by atoms with Crippen LogP contribution in [0.3, 0.4) is 0 Å². The first-order chi connectivity index (χ1) is 10.2. The van der Waals surface area contributed by atoms with Crippen LogP contribution in [0.2, 0.25) is 12.1 Å². The molecule has 1 aliphatic rings. The highest BCUT2D eigenvalue weighted by Crippen LogP contribution is 2.39. The predicted molar refractivity (Wildman–Crippen MR) is 95.1 cm³/mol. The standard InChI is InChI=1S/C20H26Si/c1-17(2)15-21(16-18-13-14-18,19-9-5-3-6-10-19)20-11-7-4-8-12-20/h3-12,17-18H,13-16H2,1-2H3. The molecule has 0 bridgehead atoms. The molecule has 0 nitrogen and oxygen atoms in total. The van der Waals surface area contributed by atoms with Gasteiger partial charge in [0.1, 0.15) is 8.07 Å². The van der Waals surface area contributed by atoms with E-state index in [4.69, 9.17) is 0 Å². The van der Waals surface area contributed by atoms with E-state index in [2.05, 4.69) is 74.5 Å². The second-order valence-corrected chi connectivity index (χ2v) is 11.2.